The van der Waals surface area contributed by atoms with Gasteiger partial charge in [0.1, 0.15) is 12.4 Å². The van der Waals surface area contributed by atoms with Gasteiger partial charge in [-0.15, -0.1) is 0 Å². The number of rotatable bonds is 5. The van der Waals surface area contributed by atoms with E-state index in [1.165, 1.54) is 0 Å². The fourth-order valence-corrected chi connectivity index (χ4v) is 1.26. The van der Waals surface area contributed by atoms with Crippen LogP contribution in [0.2, 0.25) is 0 Å². The van der Waals surface area contributed by atoms with Crippen LogP contribution in [0.15, 0.2) is 12.4 Å². The van der Waals surface area contributed by atoms with Crippen molar-refractivity contribution in [2.45, 2.75) is 39.5 Å². The number of nitrogens with two attached hydrogens (primary N) is 1. The first-order valence-corrected chi connectivity index (χ1v) is 4.89. The molecule has 4 nitrogen and oxygen atoms in total. The lowest BCUT2D eigenvalue weighted by molar-refractivity contribution is 0.124. The molecule has 14 heavy (non-hydrogen) atoms. The molecule has 0 aliphatic rings. The molecule has 0 spiro atoms. The van der Waals surface area contributed by atoms with E-state index >= 15 is 0 Å². The lowest BCUT2D eigenvalue weighted by Crippen LogP contribution is -2.37. The van der Waals surface area contributed by atoms with Gasteiger partial charge < -0.3 is 15.0 Å². The van der Waals surface area contributed by atoms with Crippen molar-refractivity contribution in [3.63, 3.8) is 0 Å². The number of hydrogen-bond donors (Lipinski definition) is 1. The summed E-state index contributed by atoms with van der Waals surface area (Å²) in [6.45, 7) is 7.99. The predicted molar refractivity (Wildman–Crippen MR) is 55.8 cm³/mol. The third kappa shape index (κ3) is 3.47. The smallest absolute Gasteiger partial charge is 0.134 e. The van der Waals surface area contributed by atoms with Gasteiger partial charge in [-0.2, -0.15) is 0 Å². The average Bonchev–Trinajstić information content (AvgIpc) is 2.45. The average molecular weight is 197 g/mol. The Hall–Kier alpha value is -0.870. The van der Waals surface area contributed by atoms with E-state index in [-0.39, 0.29) is 5.54 Å². The van der Waals surface area contributed by atoms with Crippen molar-refractivity contribution in [3.8, 4) is 0 Å². The van der Waals surface area contributed by atoms with Gasteiger partial charge in [-0.3, -0.25) is 0 Å². The van der Waals surface area contributed by atoms with Crippen LogP contribution in [0.3, 0.4) is 0 Å². The van der Waals surface area contributed by atoms with Crippen molar-refractivity contribution in [1.29, 1.82) is 0 Å². The second kappa shape index (κ2) is 4.57. The summed E-state index contributed by atoms with van der Waals surface area (Å²) >= 11 is 0. The van der Waals surface area contributed by atoms with Crippen LogP contribution in [0.5, 0.6) is 0 Å². The van der Waals surface area contributed by atoms with Gasteiger partial charge in [-0.05, 0) is 20.8 Å². The Morgan fingerprint density at radius 1 is 1.57 bits per heavy atom. The highest BCUT2D eigenvalue weighted by Crippen LogP contribution is 2.06. The molecule has 0 aliphatic heterocycles. The maximum absolute atomic E-state index is 5.93. The number of ether oxygens (including phenoxy) is 1. The lowest BCUT2D eigenvalue weighted by atomic mass is 10.1. The summed E-state index contributed by atoms with van der Waals surface area (Å²) in [7, 11) is 0. The van der Waals surface area contributed by atoms with Crippen molar-refractivity contribution in [2.24, 2.45) is 5.73 Å². The lowest BCUT2D eigenvalue weighted by Gasteiger charge is -2.20. The third-order valence-electron chi connectivity index (χ3n) is 1.81. The molecule has 0 aromatic carbocycles. The van der Waals surface area contributed by atoms with Crippen molar-refractivity contribution >= 4 is 0 Å². The first kappa shape index (κ1) is 11.2. The number of aromatic nitrogens is 2. The maximum Gasteiger partial charge on any atom is 0.134 e. The quantitative estimate of drug-likeness (QED) is 0.770. The Morgan fingerprint density at radius 2 is 2.29 bits per heavy atom. The van der Waals surface area contributed by atoms with Crippen LogP contribution < -0.4 is 5.73 Å². The van der Waals surface area contributed by atoms with E-state index in [0.717, 1.165) is 12.4 Å². The maximum atomic E-state index is 5.93. The molecule has 1 aromatic heterocycles. The number of imidazole rings is 1. The third-order valence-corrected chi connectivity index (χ3v) is 1.81. The number of hydrogen-bond acceptors (Lipinski definition) is 3. The van der Waals surface area contributed by atoms with Gasteiger partial charge in [-0.25, -0.2) is 4.98 Å². The first-order valence-electron chi connectivity index (χ1n) is 4.89. The van der Waals surface area contributed by atoms with Gasteiger partial charge in [0.2, 0.25) is 0 Å². The van der Waals surface area contributed by atoms with E-state index in [1.54, 1.807) is 6.20 Å². The molecule has 80 valence electrons. The van der Waals surface area contributed by atoms with Crippen molar-refractivity contribution in [2.75, 3.05) is 6.61 Å². The Labute approximate surface area is 85.1 Å². The molecule has 0 saturated carbocycles. The summed E-state index contributed by atoms with van der Waals surface area (Å²) in [4.78, 5) is 4.22. The van der Waals surface area contributed by atoms with Gasteiger partial charge in [0.05, 0.1) is 0 Å². The molecule has 1 heterocycles. The fraction of sp³-hybridized carbons (Fsp3) is 0.700. The van der Waals surface area contributed by atoms with Gasteiger partial charge in [0.15, 0.2) is 0 Å². The van der Waals surface area contributed by atoms with Crippen molar-refractivity contribution < 1.29 is 4.74 Å². The van der Waals surface area contributed by atoms with Crippen LogP contribution in [-0.4, -0.2) is 21.7 Å². The molecule has 0 radical (unpaired) electrons. The van der Waals surface area contributed by atoms with Crippen LogP contribution in [-0.2, 0) is 17.9 Å². The second-order valence-corrected chi connectivity index (χ2v) is 4.10. The Kier molecular flexibility index (Phi) is 3.66. The largest absolute Gasteiger partial charge is 0.374 e. The second-order valence-electron chi connectivity index (χ2n) is 4.10. The van der Waals surface area contributed by atoms with E-state index in [0.29, 0.717) is 13.2 Å². The molecule has 1 aromatic rings. The van der Waals surface area contributed by atoms with Crippen LogP contribution in [0.4, 0.5) is 0 Å². The van der Waals surface area contributed by atoms with E-state index in [4.69, 9.17) is 10.5 Å². The van der Waals surface area contributed by atoms with Crippen LogP contribution in [0.25, 0.3) is 0 Å². The van der Waals surface area contributed by atoms with Gasteiger partial charge in [0, 0.05) is 31.1 Å². The summed E-state index contributed by atoms with van der Waals surface area (Å²) in [5, 5.41) is 0. The molecule has 2 N–H and O–H groups in total. The van der Waals surface area contributed by atoms with Crippen LogP contribution in [0, 0.1) is 0 Å². The molecule has 0 fully saturated rings. The molecule has 0 unspecified atom stereocenters. The normalized spacial score (nSPS) is 12.0. The predicted octanol–water partition coefficient (Wildman–Crippen LogP) is 1.16. The van der Waals surface area contributed by atoms with E-state index in [1.807, 2.05) is 31.5 Å². The molecule has 0 amide bonds. The molecule has 0 atom stereocenters. The highest BCUT2D eigenvalue weighted by Gasteiger charge is 2.13. The zero-order valence-electron chi connectivity index (χ0n) is 9.16. The minimum absolute atomic E-state index is 0.221. The summed E-state index contributed by atoms with van der Waals surface area (Å²) in [5.74, 6) is 0.936. The minimum Gasteiger partial charge on any atom is -0.374 e. The number of nitrogens with zero attached hydrogens (tertiary/aromatic N) is 2. The van der Waals surface area contributed by atoms with Crippen molar-refractivity contribution in [3.05, 3.63) is 18.2 Å². The minimum atomic E-state index is -0.221. The molecular formula is C10H19N3O. The molecule has 0 bridgehead atoms. The molecule has 0 aliphatic carbocycles. The summed E-state index contributed by atoms with van der Waals surface area (Å²) < 4.78 is 7.35. The summed E-state index contributed by atoms with van der Waals surface area (Å²) in [6, 6.07) is 0. The monoisotopic (exact) mass is 197 g/mol. The molecular weight excluding hydrogens is 178 g/mol. The van der Waals surface area contributed by atoms with Crippen molar-refractivity contribution in [1.82, 2.24) is 9.55 Å². The SMILES string of the molecule is CCOCc1nccn1CC(C)(C)N. The molecule has 0 saturated heterocycles. The van der Waals surface area contributed by atoms with E-state index < -0.39 is 0 Å². The van der Waals surface area contributed by atoms with E-state index in [9.17, 15) is 0 Å². The van der Waals surface area contributed by atoms with Crippen LogP contribution in [0.1, 0.15) is 26.6 Å². The summed E-state index contributed by atoms with van der Waals surface area (Å²) in [6.07, 6.45) is 3.71. The first-order chi connectivity index (χ1) is 6.53. The van der Waals surface area contributed by atoms with Gasteiger partial charge in [-0.1, -0.05) is 0 Å². The Balaban J connectivity index is 2.63. The molecule has 1 rings (SSSR count). The topological polar surface area (TPSA) is 53.1 Å². The Bertz CT molecular complexity index is 275. The standard InChI is InChI=1S/C10H19N3O/c1-4-14-7-9-12-5-6-13(9)8-10(2,3)11/h5-6H,4,7-8,11H2,1-3H3. The van der Waals surface area contributed by atoms with E-state index in [2.05, 4.69) is 4.98 Å². The fourth-order valence-electron chi connectivity index (χ4n) is 1.26. The van der Waals surface area contributed by atoms with Gasteiger partial charge >= 0.3 is 0 Å². The highest BCUT2D eigenvalue weighted by molar-refractivity contribution is 4.93. The molecule has 4 heteroatoms. The van der Waals surface area contributed by atoms with Gasteiger partial charge in [0.25, 0.3) is 0 Å². The Morgan fingerprint density at radius 3 is 2.86 bits per heavy atom. The van der Waals surface area contributed by atoms with Crippen LogP contribution >= 0.6 is 0 Å². The summed E-state index contributed by atoms with van der Waals surface area (Å²) in [5.41, 5.74) is 5.71. The zero-order valence-corrected chi connectivity index (χ0v) is 9.16. The zero-order chi connectivity index (χ0) is 10.6. The highest BCUT2D eigenvalue weighted by atomic mass is 16.5.